The summed E-state index contributed by atoms with van der Waals surface area (Å²) in [6, 6.07) is 0. The largest absolute Gasteiger partial charge is 0.481 e. The Balaban J connectivity index is 4.25. The molecular formula is C15H26O6. The van der Waals surface area contributed by atoms with E-state index in [1.54, 1.807) is 0 Å². The fourth-order valence-electron chi connectivity index (χ4n) is 2.41. The Morgan fingerprint density at radius 1 is 0.762 bits per heavy atom. The van der Waals surface area contributed by atoms with Crippen molar-refractivity contribution in [3.05, 3.63) is 0 Å². The van der Waals surface area contributed by atoms with Gasteiger partial charge in [-0.2, -0.15) is 0 Å². The molecule has 0 aromatic heterocycles. The van der Waals surface area contributed by atoms with Crippen LogP contribution >= 0.6 is 0 Å². The van der Waals surface area contributed by atoms with Crippen LogP contribution in [0.2, 0.25) is 0 Å². The van der Waals surface area contributed by atoms with Crippen LogP contribution in [-0.4, -0.2) is 33.2 Å². The van der Waals surface area contributed by atoms with Crippen molar-refractivity contribution in [3.8, 4) is 0 Å². The molecule has 0 aliphatic carbocycles. The molecule has 0 spiro atoms. The smallest absolute Gasteiger partial charge is 0.307 e. The molecule has 0 heterocycles. The number of hydrogen-bond donors (Lipinski definition) is 3. The molecule has 6 nitrogen and oxygen atoms in total. The standard InChI is InChI=1S/C15H26O6/c1-2-3-4-5-6-7-8-9-11(14(18)19)12(15(20)21)10-13(16)17/h11-12H,2-10H2,1H3,(H,16,17)(H,18,19)(H,20,21). The summed E-state index contributed by atoms with van der Waals surface area (Å²) in [5.41, 5.74) is 0. The van der Waals surface area contributed by atoms with Gasteiger partial charge in [-0.05, 0) is 6.42 Å². The van der Waals surface area contributed by atoms with Gasteiger partial charge >= 0.3 is 17.9 Å². The van der Waals surface area contributed by atoms with Gasteiger partial charge in [0.05, 0.1) is 18.3 Å². The van der Waals surface area contributed by atoms with E-state index in [1.165, 1.54) is 6.42 Å². The minimum Gasteiger partial charge on any atom is -0.481 e. The molecule has 21 heavy (non-hydrogen) atoms. The molecule has 0 radical (unpaired) electrons. The predicted octanol–water partition coefficient (Wildman–Crippen LogP) is 3.00. The minimum absolute atomic E-state index is 0.216. The number of rotatable bonds is 13. The first-order valence-corrected chi connectivity index (χ1v) is 7.57. The lowest BCUT2D eigenvalue weighted by Gasteiger charge is -2.18. The average molecular weight is 302 g/mol. The van der Waals surface area contributed by atoms with Crippen LogP contribution in [0.5, 0.6) is 0 Å². The zero-order chi connectivity index (χ0) is 16.3. The van der Waals surface area contributed by atoms with Gasteiger partial charge in [0.2, 0.25) is 0 Å². The van der Waals surface area contributed by atoms with Crippen molar-refractivity contribution in [2.75, 3.05) is 0 Å². The van der Waals surface area contributed by atoms with Crippen LogP contribution in [0.4, 0.5) is 0 Å². The zero-order valence-corrected chi connectivity index (χ0v) is 12.6. The number of hydrogen-bond acceptors (Lipinski definition) is 3. The third-order valence-corrected chi connectivity index (χ3v) is 3.63. The molecule has 2 atom stereocenters. The van der Waals surface area contributed by atoms with Crippen molar-refractivity contribution in [1.29, 1.82) is 0 Å². The number of aliphatic carboxylic acids is 3. The summed E-state index contributed by atoms with van der Waals surface area (Å²) in [7, 11) is 0. The summed E-state index contributed by atoms with van der Waals surface area (Å²) in [6.07, 6.45) is 6.66. The highest BCUT2D eigenvalue weighted by atomic mass is 16.4. The molecular weight excluding hydrogens is 276 g/mol. The van der Waals surface area contributed by atoms with Gasteiger partial charge in [0.15, 0.2) is 0 Å². The lowest BCUT2D eigenvalue weighted by atomic mass is 9.85. The molecule has 0 saturated heterocycles. The van der Waals surface area contributed by atoms with Gasteiger partial charge < -0.3 is 15.3 Å². The molecule has 0 rings (SSSR count). The molecule has 0 amide bonds. The van der Waals surface area contributed by atoms with Crippen molar-refractivity contribution in [1.82, 2.24) is 0 Å². The lowest BCUT2D eigenvalue weighted by molar-refractivity contribution is -0.157. The third kappa shape index (κ3) is 9.05. The van der Waals surface area contributed by atoms with E-state index >= 15 is 0 Å². The number of carboxylic acid groups (broad SMARTS) is 3. The first-order chi connectivity index (χ1) is 9.90. The van der Waals surface area contributed by atoms with Crippen molar-refractivity contribution in [3.63, 3.8) is 0 Å². The molecule has 0 bridgehead atoms. The second-order valence-electron chi connectivity index (χ2n) is 5.40. The Kier molecular flexibility index (Phi) is 10.3. The molecule has 0 aliphatic heterocycles. The normalized spacial score (nSPS) is 13.6. The van der Waals surface area contributed by atoms with E-state index in [0.29, 0.717) is 6.42 Å². The summed E-state index contributed by atoms with van der Waals surface area (Å²) >= 11 is 0. The van der Waals surface area contributed by atoms with E-state index in [4.69, 9.17) is 15.3 Å². The highest BCUT2D eigenvalue weighted by molar-refractivity contribution is 5.83. The van der Waals surface area contributed by atoms with Crippen LogP contribution in [0.3, 0.4) is 0 Å². The van der Waals surface area contributed by atoms with Crippen molar-refractivity contribution in [2.45, 2.75) is 64.7 Å². The molecule has 122 valence electrons. The van der Waals surface area contributed by atoms with Gasteiger partial charge in [-0.1, -0.05) is 51.9 Å². The van der Waals surface area contributed by atoms with E-state index in [1.807, 2.05) is 0 Å². The van der Waals surface area contributed by atoms with E-state index < -0.39 is 36.2 Å². The number of unbranched alkanes of at least 4 members (excludes halogenated alkanes) is 6. The molecule has 3 N–H and O–H groups in total. The summed E-state index contributed by atoms with van der Waals surface area (Å²) in [4.78, 5) is 32.9. The maximum absolute atomic E-state index is 11.2. The number of carboxylic acids is 3. The van der Waals surface area contributed by atoms with Crippen LogP contribution in [0.25, 0.3) is 0 Å². The Morgan fingerprint density at radius 3 is 1.67 bits per heavy atom. The Morgan fingerprint density at radius 2 is 1.24 bits per heavy atom. The Bertz CT molecular complexity index is 339. The highest BCUT2D eigenvalue weighted by Crippen LogP contribution is 2.24. The molecule has 0 aliphatic rings. The molecule has 0 aromatic carbocycles. The SMILES string of the molecule is CCCCCCCCCC(C(=O)O)C(CC(=O)O)C(=O)O. The Hall–Kier alpha value is -1.59. The monoisotopic (exact) mass is 302 g/mol. The van der Waals surface area contributed by atoms with Crippen LogP contribution in [-0.2, 0) is 14.4 Å². The van der Waals surface area contributed by atoms with E-state index in [9.17, 15) is 14.4 Å². The maximum Gasteiger partial charge on any atom is 0.307 e. The maximum atomic E-state index is 11.2. The number of carbonyl (C=O) groups is 3. The highest BCUT2D eigenvalue weighted by Gasteiger charge is 2.34. The quantitative estimate of drug-likeness (QED) is 0.451. The van der Waals surface area contributed by atoms with Gasteiger partial charge in [-0.25, -0.2) is 0 Å². The van der Waals surface area contributed by atoms with Gasteiger partial charge in [0.25, 0.3) is 0 Å². The van der Waals surface area contributed by atoms with Crippen molar-refractivity contribution < 1.29 is 29.7 Å². The van der Waals surface area contributed by atoms with Gasteiger partial charge in [-0.3, -0.25) is 14.4 Å². The van der Waals surface area contributed by atoms with Crippen LogP contribution in [0.15, 0.2) is 0 Å². The second-order valence-corrected chi connectivity index (χ2v) is 5.40. The summed E-state index contributed by atoms with van der Waals surface area (Å²) < 4.78 is 0. The van der Waals surface area contributed by atoms with E-state index in [-0.39, 0.29) is 6.42 Å². The van der Waals surface area contributed by atoms with Gasteiger partial charge in [0, 0.05) is 0 Å². The summed E-state index contributed by atoms with van der Waals surface area (Å²) in [5.74, 6) is -6.36. The van der Waals surface area contributed by atoms with Gasteiger partial charge in [0.1, 0.15) is 0 Å². The second kappa shape index (κ2) is 11.1. The van der Waals surface area contributed by atoms with Crippen molar-refractivity contribution in [2.24, 2.45) is 11.8 Å². The molecule has 0 saturated carbocycles. The molecule has 0 aromatic rings. The lowest BCUT2D eigenvalue weighted by Crippen LogP contribution is -2.31. The molecule has 0 fully saturated rings. The molecule has 6 heteroatoms. The Labute approximate surface area is 125 Å². The zero-order valence-electron chi connectivity index (χ0n) is 12.6. The van der Waals surface area contributed by atoms with Gasteiger partial charge in [-0.15, -0.1) is 0 Å². The first kappa shape index (κ1) is 19.4. The topological polar surface area (TPSA) is 112 Å². The average Bonchev–Trinajstić information content (AvgIpc) is 2.39. The van der Waals surface area contributed by atoms with E-state index in [0.717, 1.165) is 32.1 Å². The summed E-state index contributed by atoms with van der Waals surface area (Å²) in [6.45, 7) is 2.13. The third-order valence-electron chi connectivity index (χ3n) is 3.63. The van der Waals surface area contributed by atoms with Crippen LogP contribution in [0.1, 0.15) is 64.7 Å². The van der Waals surface area contributed by atoms with Crippen LogP contribution in [0, 0.1) is 11.8 Å². The minimum atomic E-state index is -1.36. The van der Waals surface area contributed by atoms with E-state index in [2.05, 4.69) is 6.92 Å². The fraction of sp³-hybridized carbons (Fsp3) is 0.800. The summed E-state index contributed by atoms with van der Waals surface area (Å²) in [5, 5.41) is 26.8. The molecule has 2 unspecified atom stereocenters. The van der Waals surface area contributed by atoms with Crippen LogP contribution < -0.4 is 0 Å². The van der Waals surface area contributed by atoms with Crippen molar-refractivity contribution >= 4 is 17.9 Å². The predicted molar refractivity (Wildman–Crippen MR) is 77.1 cm³/mol. The fourth-order valence-corrected chi connectivity index (χ4v) is 2.41. The first-order valence-electron chi connectivity index (χ1n) is 7.57.